The largest absolute Gasteiger partial charge is 0.464 e. The Morgan fingerprint density at radius 1 is 1.44 bits per heavy atom. The van der Waals surface area contributed by atoms with E-state index in [1.165, 1.54) is 0 Å². The molecule has 4 heteroatoms. The molecule has 1 aliphatic rings. The second kappa shape index (κ2) is 5.71. The molecule has 1 saturated heterocycles. The zero-order valence-electron chi connectivity index (χ0n) is 9.59. The molecule has 2 rings (SSSR count). The van der Waals surface area contributed by atoms with Gasteiger partial charge >= 0.3 is 0 Å². The quantitative estimate of drug-likeness (QED) is 0.883. The van der Waals surface area contributed by atoms with Crippen molar-refractivity contribution in [2.75, 3.05) is 26.8 Å². The smallest absolute Gasteiger partial charge is 0.125 e. The van der Waals surface area contributed by atoms with Crippen LogP contribution in [0.2, 0.25) is 5.02 Å². The average Bonchev–Trinajstić information content (AvgIpc) is 2.69. The number of hydrogen-bond donors (Lipinski definition) is 1. The number of furan rings is 1. The third-order valence-electron chi connectivity index (χ3n) is 2.98. The summed E-state index contributed by atoms with van der Waals surface area (Å²) in [6, 6.07) is 1.95. The molecule has 0 bridgehead atoms. The summed E-state index contributed by atoms with van der Waals surface area (Å²) in [5, 5.41) is 3.88. The second-order valence-corrected chi connectivity index (χ2v) is 4.57. The highest BCUT2D eigenvalue weighted by molar-refractivity contribution is 6.31. The fourth-order valence-corrected chi connectivity index (χ4v) is 2.36. The lowest BCUT2D eigenvalue weighted by Crippen LogP contribution is -2.13. The van der Waals surface area contributed by atoms with E-state index < -0.39 is 0 Å². The van der Waals surface area contributed by atoms with Gasteiger partial charge in [0.15, 0.2) is 0 Å². The molecule has 0 aromatic carbocycles. The normalized spacial score (nSPS) is 17.9. The molecule has 0 unspecified atom stereocenters. The van der Waals surface area contributed by atoms with E-state index in [-0.39, 0.29) is 0 Å². The monoisotopic (exact) mass is 243 g/mol. The Balaban J connectivity index is 2.04. The predicted molar refractivity (Wildman–Crippen MR) is 64.1 cm³/mol. The van der Waals surface area contributed by atoms with E-state index in [1.807, 2.05) is 13.1 Å². The molecule has 0 amide bonds. The molecule has 0 saturated carbocycles. The molecule has 1 aromatic heterocycles. The highest BCUT2D eigenvalue weighted by atomic mass is 35.5. The lowest BCUT2D eigenvalue weighted by atomic mass is 9.98. The van der Waals surface area contributed by atoms with Gasteiger partial charge in [-0.2, -0.15) is 0 Å². The minimum Gasteiger partial charge on any atom is -0.464 e. The Labute approximate surface area is 101 Å². The van der Waals surface area contributed by atoms with Crippen LogP contribution in [0, 0.1) is 0 Å². The summed E-state index contributed by atoms with van der Waals surface area (Å²) in [4.78, 5) is 0. The van der Waals surface area contributed by atoms with Crippen LogP contribution in [0.5, 0.6) is 0 Å². The maximum atomic E-state index is 6.20. The van der Waals surface area contributed by atoms with Crippen molar-refractivity contribution < 1.29 is 9.15 Å². The van der Waals surface area contributed by atoms with E-state index in [0.29, 0.717) is 5.92 Å². The molecule has 0 aliphatic carbocycles. The molecule has 1 fully saturated rings. The predicted octanol–water partition coefficient (Wildman–Crippen LogP) is 2.59. The highest BCUT2D eigenvalue weighted by Gasteiger charge is 2.22. The second-order valence-electron chi connectivity index (χ2n) is 4.17. The molecule has 2 heterocycles. The van der Waals surface area contributed by atoms with Crippen molar-refractivity contribution in [1.82, 2.24) is 5.32 Å². The van der Waals surface area contributed by atoms with E-state index in [1.54, 1.807) is 0 Å². The summed E-state index contributed by atoms with van der Waals surface area (Å²) < 4.78 is 11.2. The molecule has 0 radical (unpaired) electrons. The standard InChI is InChI=1S/C12H18ClNO2/c1-14-5-2-10-8-11(13)12(16-10)9-3-6-15-7-4-9/h8-9,14H,2-7H2,1H3. The fourth-order valence-electron chi connectivity index (χ4n) is 2.04. The zero-order chi connectivity index (χ0) is 11.4. The van der Waals surface area contributed by atoms with Gasteiger partial charge in [-0.3, -0.25) is 0 Å². The fraction of sp³-hybridized carbons (Fsp3) is 0.667. The summed E-state index contributed by atoms with van der Waals surface area (Å²) in [7, 11) is 1.93. The molecule has 1 N–H and O–H groups in total. The summed E-state index contributed by atoms with van der Waals surface area (Å²) in [6.07, 6.45) is 2.91. The first-order valence-corrected chi connectivity index (χ1v) is 6.19. The number of ether oxygens (including phenoxy) is 1. The van der Waals surface area contributed by atoms with Crippen LogP contribution in [0.25, 0.3) is 0 Å². The van der Waals surface area contributed by atoms with Crippen LogP contribution in [0.4, 0.5) is 0 Å². The van der Waals surface area contributed by atoms with Crippen molar-refractivity contribution in [2.24, 2.45) is 0 Å². The van der Waals surface area contributed by atoms with Gasteiger partial charge in [-0.05, 0) is 26.0 Å². The van der Waals surface area contributed by atoms with Gasteiger partial charge in [0.1, 0.15) is 11.5 Å². The van der Waals surface area contributed by atoms with E-state index in [2.05, 4.69) is 5.32 Å². The molecule has 16 heavy (non-hydrogen) atoms. The van der Waals surface area contributed by atoms with Crippen molar-refractivity contribution in [1.29, 1.82) is 0 Å². The molecule has 3 nitrogen and oxygen atoms in total. The lowest BCUT2D eigenvalue weighted by Gasteiger charge is -2.20. The van der Waals surface area contributed by atoms with Gasteiger partial charge in [-0.25, -0.2) is 0 Å². The van der Waals surface area contributed by atoms with Crippen LogP contribution >= 0.6 is 11.6 Å². The Bertz CT molecular complexity index is 332. The van der Waals surface area contributed by atoms with E-state index in [0.717, 1.165) is 55.6 Å². The van der Waals surface area contributed by atoms with Gasteiger partial charge in [0, 0.05) is 32.1 Å². The van der Waals surface area contributed by atoms with Gasteiger partial charge in [0.05, 0.1) is 5.02 Å². The van der Waals surface area contributed by atoms with Crippen molar-refractivity contribution >= 4 is 11.6 Å². The Morgan fingerprint density at radius 3 is 2.88 bits per heavy atom. The first kappa shape index (κ1) is 12.0. The minimum absolute atomic E-state index is 0.435. The first-order valence-electron chi connectivity index (χ1n) is 5.81. The van der Waals surface area contributed by atoms with Gasteiger partial charge in [-0.1, -0.05) is 11.6 Å². The topological polar surface area (TPSA) is 34.4 Å². The molecule has 0 spiro atoms. The number of rotatable bonds is 4. The van der Waals surface area contributed by atoms with Crippen LogP contribution < -0.4 is 5.32 Å². The third-order valence-corrected chi connectivity index (χ3v) is 3.27. The van der Waals surface area contributed by atoms with Crippen molar-refractivity contribution in [3.63, 3.8) is 0 Å². The van der Waals surface area contributed by atoms with Gasteiger partial charge in [0.2, 0.25) is 0 Å². The summed E-state index contributed by atoms with van der Waals surface area (Å²) in [5.74, 6) is 2.36. The maximum absolute atomic E-state index is 6.20. The highest BCUT2D eigenvalue weighted by Crippen LogP contribution is 2.34. The molecular weight excluding hydrogens is 226 g/mol. The summed E-state index contributed by atoms with van der Waals surface area (Å²) >= 11 is 6.20. The van der Waals surface area contributed by atoms with Crippen molar-refractivity contribution in [2.45, 2.75) is 25.2 Å². The van der Waals surface area contributed by atoms with Gasteiger partial charge < -0.3 is 14.5 Å². The Kier molecular flexibility index (Phi) is 4.27. The van der Waals surface area contributed by atoms with E-state index in [9.17, 15) is 0 Å². The zero-order valence-corrected chi connectivity index (χ0v) is 10.3. The van der Waals surface area contributed by atoms with Crippen molar-refractivity contribution in [3.05, 3.63) is 22.6 Å². The molecule has 1 aliphatic heterocycles. The summed E-state index contributed by atoms with van der Waals surface area (Å²) in [6.45, 7) is 2.54. The van der Waals surface area contributed by atoms with Crippen LogP contribution in [-0.4, -0.2) is 26.8 Å². The Hall–Kier alpha value is -0.510. The van der Waals surface area contributed by atoms with Gasteiger partial charge in [-0.15, -0.1) is 0 Å². The van der Waals surface area contributed by atoms with E-state index >= 15 is 0 Å². The van der Waals surface area contributed by atoms with Crippen molar-refractivity contribution in [3.8, 4) is 0 Å². The number of hydrogen-bond acceptors (Lipinski definition) is 3. The Morgan fingerprint density at radius 2 is 2.19 bits per heavy atom. The van der Waals surface area contributed by atoms with Gasteiger partial charge in [0.25, 0.3) is 0 Å². The van der Waals surface area contributed by atoms with E-state index in [4.69, 9.17) is 20.8 Å². The average molecular weight is 244 g/mol. The molecular formula is C12H18ClNO2. The molecule has 90 valence electrons. The lowest BCUT2D eigenvalue weighted by molar-refractivity contribution is 0.0804. The van der Waals surface area contributed by atoms with Crippen LogP contribution in [0.15, 0.2) is 10.5 Å². The van der Waals surface area contributed by atoms with Crippen LogP contribution in [-0.2, 0) is 11.2 Å². The van der Waals surface area contributed by atoms with Crippen LogP contribution in [0.1, 0.15) is 30.3 Å². The molecule has 0 atom stereocenters. The SMILES string of the molecule is CNCCc1cc(Cl)c(C2CCOCC2)o1. The number of nitrogens with one attached hydrogen (secondary N) is 1. The summed E-state index contributed by atoms with van der Waals surface area (Å²) in [5.41, 5.74) is 0. The minimum atomic E-state index is 0.435. The number of likely N-dealkylation sites (N-methyl/N-ethyl adjacent to an activating group) is 1. The van der Waals surface area contributed by atoms with Crippen LogP contribution in [0.3, 0.4) is 0 Å². The molecule has 1 aromatic rings. The number of halogens is 1. The third kappa shape index (κ3) is 2.78. The first-order chi connectivity index (χ1) is 7.81. The maximum Gasteiger partial charge on any atom is 0.125 e.